The molecular weight excluding hydrogens is 350 g/mol. The van der Waals surface area contributed by atoms with Crippen molar-refractivity contribution >= 4 is 0 Å². The maximum Gasteiger partial charge on any atom is 0.139 e. The van der Waals surface area contributed by atoms with Crippen molar-refractivity contribution in [2.75, 3.05) is 0 Å². The minimum Gasteiger partial charge on any atom is -0.392 e. The highest BCUT2D eigenvalue weighted by Crippen LogP contribution is 2.29. The summed E-state index contributed by atoms with van der Waals surface area (Å²) in [6.45, 7) is 1.65. The highest BCUT2D eigenvalue weighted by atomic mass is 16.3. The molecule has 0 aliphatic heterocycles. The summed E-state index contributed by atoms with van der Waals surface area (Å²) in [6.07, 6.45) is 5.29. The quantitative estimate of drug-likeness (QED) is 0.592. The van der Waals surface area contributed by atoms with Crippen molar-refractivity contribution in [2.24, 2.45) is 5.92 Å². The van der Waals surface area contributed by atoms with Crippen LogP contribution in [0.1, 0.15) is 24.0 Å². The van der Waals surface area contributed by atoms with Crippen LogP contribution >= 0.6 is 0 Å². The number of nitrogens with zero attached hydrogens (tertiary/aromatic N) is 2. The summed E-state index contributed by atoms with van der Waals surface area (Å²) in [5.41, 5.74) is 3.19. The van der Waals surface area contributed by atoms with Gasteiger partial charge in [0.2, 0.25) is 0 Å². The zero-order chi connectivity index (χ0) is 19.3. The van der Waals surface area contributed by atoms with Gasteiger partial charge in [-0.25, -0.2) is 4.98 Å². The lowest BCUT2D eigenvalue weighted by molar-refractivity contribution is 0.145. The van der Waals surface area contributed by atoms with E-state index in [1.54, 1.807) is 0 Å². The van der Waals surface area contributed by atoms with Crippen LogP contribution in [-0.2, 0) is 19.7 Å². The summed E-state index contributed by atoms with van der Waals surface area (Å²) in [5, 5.41) is 23.2. The molecule has 0 saturated heterocycles. The van der Waals surface area contributed by atoms with Gasteiger partial charge in [0.15, 0.2) is 0 Å². The Bertz CT molecular complexity index is 876. The maximum atomic E-state index is 10.5. The van der Waals surface area contributed by atoms with Crippen LogP contribution in [0.4, 0.5) is 0 Å². The fraction of sp³-hybridized carbons (Fsp3) is 0.348. The van der Waals surface area contributed by atoms with Gasteiger partial charge in [0, 0.05) is 37.1 Å². The molecule has 0 radical (unpaired) electrons. The lowest BCUT2D eigenvalue weighted by Crippen LogP contribution is -2.35. The first kappa shape index (κ1) is 18.9. The normalized spacial score (nSPS) is 21.9. The molecule has 1 aromatic heterocycles. The van der Waals surface area contributed by atoms with Crippen molar-refractivity contribution in [1.82, 2.24) is 14.9 Å². The molecule has 3 aromatic rings. The number of aliphatic hydroxyl groups excluding tert-OH is 2. The van der Waals surface area contributed by atoms with Crippen molar-refractivity contribution in [3.63, 3.8) is 0 Å². The average molecular weight is 377 g/mol. The molecule has 3 atom stereocenters. The van der Waals surface area contributed by atoms with E-state index >= 15 is 0 Å². The van der Waals surface area contributed by atoms with Crippen molar-refractivity contribution in [2.45, 2.75) is 44.7 Å². The predicted molar refractivity (Wildman–Crippen MR) is 109 cm³/mol. The lowest BCUT2D eigenvalue weighted by Gasteiger charge is -2.17. The van der Waals surface area contributed by atoms with E-state index in [-0.39, 0.29) is 18.8 Å². The number of rotatable bonds is 7. The average Bonchev–Trinajstić information content (AvgIpc) is 3.34. The molecule has 5 nitrogen and oxygen atoms in total. The SMILES string of the molecule is OCc1ccc(CN[C@@H]2CC(Cn3ccnc3-c3ccccc3)C[C@H]2O)cc1. The molecule has 1 heterocycles. The first-order valence-corrected chi connectivity index (χ1v) is 9.89. The minimum atomic E-state index is -0.328. The fourth-order valence-electron chi connectivity index (χ4n) is 4.08. The first-order chi connectivity index (χ1) is 13.7. The number of aliphatic hydroxyl groups is 2. The third kappa shape index (κ3) is 4.33. The Hall–Kier alpha value is -2.47. The molecule has 2 aromatic carbocycles. The fourth-order valence-corrected chi connectivity index (χ4v) is 4.08. The molecule has 1 aliphatic carbocycles. The Labute approximate surface area is 165 Å². The van der Waals surface area contributed by atoms with Crippen molar-refractivity contribution in [3.05, 3.63) is 78.1 Å². The Morgan fingerprint density at radius 2 is 1.75 bits per heavy atom. The molecule has 5 heteroatoms. The van der Waals surface area contributed by atoms with Crippen LogP contribution in [0.25, 0.3) is 11.4 Å². The van der Waals surface area contributed by atoms with Gasteiger partial charge in [-0.15, -0.1) is 0 Å². The molecule has 1 aliphatic rings. The van der Waals surface area contributed by atoms with Crippen LogP contribution in [0.15, 0.2) is 67.0 Å². The third-order valence-corrected chi connectivity index (χ3v) is 5.60. The molecule has 0 bridgehead atoms. The largest absolute Gasteiger partial charge is 0.392 e. The number of aromatic nitrogens is 2. The highest BCUT2D eigenvalue weighted by Gasteiger charge is 2.33. The number of imidazole rings is 1. The van der Waals surface area contributed by atoms with E-state index in [0.717, 1.165) is 48.4 Å². The summed E-state index contributed by atoms with van der Waals surface area (Å²) in [7, 11) is 0. The summed E-state index contributed by atoms with van der Waals surface area (Å²) in [6, 6.07) is 18.3. The van der Waals surface area contributed by atoms with Crippen LogP contribution in [0.2, 0.25) is 0 Å². The molecule has 0 amide bonds. The Morgan fingerprint density at radius 3 is 2.50 bits per heavy atom. The highest BCUT2D eigenvalue weighted by molar-refractivity contribution is 5.55. The van der Waals surface area contributed by atoms with E-state index in [1.807, 2.05) is 54.9 Å². The van der Waals surface area contributed by atoms with Crippen molar-refractivity contribution < 1.29 is 10.2 Å². The van der Waals surface area contributed by atoms with Crippen LogP contribution in [0.5, 0.6) is 0 Å². The molecule has 1 saturated carbocycles. The maximum absolute atomic E-state index is 10.5. The van der Waals surface area contributed by atoms with Gasteiger partial charge in [-0.05, 0) is 29.9 Å². The molecule has 3 N–H and O–H groups in total. The third-order valence-electron chi connectivity index (χ3n) is 5.60. The van der Waals surface area contributed by atoms with E-state index in [4.69, 9.17) is 5.11 Å². The van der Waals surface area contributed by atoms with Gasteiger partial charge in [0.25, 0.3) is 0 Å². The Kier molecular flexibility index (Phi) is 5.86. The summed E-state index contributed by atoms with van der Waals surface area (Å²) in [4.78, 5) is 4.52. The lowest BCUT2D eigenvalue weighted by atomic mass is 10.1. The number of benzene rings is 2. The van der Waals surface area contributed by atoms with Crippen LogP contribution in [-0.4, -0.2) is 31.9 Å². The Morgan fingerprint density at radius 1 is 1.00 bits per heavy atom. The van der Waals surface area contributed by atoms with Crippen LogP contribution in [0, 0.1) is 5.92 Å². The van der Waals surface area contributed by atoms with Gasteiger partial charge in [-0.1, -0.05) is 54.6 Å². The van der Waals surface area contributed by atoms with Gasteiger partial charge in [0.05, 0.1) is 12.7 Å². The van der Waals surface area contributed by atoms with E-state index in [1.165, 1.54) is 0 Å². The molecule has 1 unspecified atom stereocenters. The van der Waals surface area contributed by atoms with Gasteiger partial charge < -0.3 is 20.1 Å². The van der Waals surface area contributed by atoms with Gasteiger partial charge >= 0.3 is 0 Å². The molecule has 0 spiro atoms. The Balaban J connectivity index is 1.35. The van der Waals surface area contributed by atoms with E-state index in [9.17, 15) is 5.11 Å². The molecule has 4 rings (SSSR count). The summed E-state index contributed by atoms with van der Waals surface area (Å²) >= 11 is 0. The minimum absolute atomic E-state index is 0.0654. The van der Waals surface area contributed by atoms with Crippen molar-refractivity contribution in [3.8, 4) is 11.4 Å². The number of hydrogen-bond acceptors (Lipinski definition) is 4. The second kappa shape index (κ2) is 8.69. The first-order valence-electron chi connectivity index (χ1n) is 9.89. The number of hydrogen-bond donors (Lipinski definition) is 3. The van der Waals surface area contributed by atoms with Gasteiger partial charge in [-0.2, -0.15) is 0 Å². The second-order valence-corrected chi connectivity index (χ2v) is 7.64. The molecule has 1 fully saturated rings. The van der Waals surface area contributed by atoms with E-state index in [0.29, 0.717) is 5.92 Å². The van der Waals surface area contributed by atoms with Gasteiger partial charge in [0.1, 0.15) is 5.82 Å². The predicted octanol–water partition coefficient (Wildman–Crippen LogP) is 2.97. The van der Waals surface area contributed by atoms with E-state index < -0.39 is 0 Å². The topological polar surface area (TPSA) is 70.3 Å². The monoisotopic (exact) mass is 377 g/mol. The van der Waals surface area contributed by atoms with Crippen LogP contribution in [0.3, 0.4) is 0 Å². The zero-order valence-electron chi connectivity index (χ0n) is 15.9. The van der Waals surface area contributed by atoms with Crippen molar-refractivity contribution in [1.29, 1.82) is 0 Å². The summed E-state index contributed by atoms with van der Waals surface area (Å²) in [5.74, 6) is 1.40. The molecule has 146 valence electrons. The summed E-state index contributed by atoms with van der Waals surface area (Å²) < 4.78 is 2.20. The number of nitrogens with one attached hydrogen (secondary N) is 1. The standard InChI is InChI=1S/C23H27N3O2/c27-16-18-8-6-17(7-9-18)14-25-21-12-19(13-22(21)28)15-26-11-10-24-23(26)20-4-2-1-3-5-20/h1-11,19,21-22,25,27-28H,12-16H2/t19?,21-,22-/m1/s1. The zero-order valence-corrected chi connectivity index (χ0v) is 15.9. The van der Waals surface area contributed by atoms with E-state index in [2.05, 4.69) is 27.0 Å². The van der Waals surface area contributed by atoms with Crippen LogP contribution < -0.4 is 5.32 Å². The smallest absolute Gasteiger partial charge is 0.139 e. The van der Waals surface area contributed by atoms with Gasteiger partial charge in [-0.3, -0.25) is 0 Å². The molecular formula is C23H27N3O2. The second-order valence-electron chi connectivity index (χ2n) is 7.64. The molecule has 28 heavy (non-hydrogen) atoms.